The number of piperidine rings is 1. The van der Waals surface area contributed by atoms with E-state index in [1.54, 1.807) is 12.1 Å². The van der Waals surface area contributed by atoms with Gasteiger partial charge >= 0.3 is 0 Å². The van der Waals surface area contributed by atoms with Crippen LogP contribution in [0.2, 0.25) is 0 Å². The zero-order valence-electron chi connectivity index (χ0n) is 20.3. The van der Waals surface area contributed by atoms with Gasteiger partial charge in [0, 0.05) is 36.3 Å². The molecule has 0 saturated carbocycles. The van der Waals surface area contributed by atoms with Gasteiger partial charge in [-0.1, -0.05) is 44.2 Å². The second-order valence-electron chi connectivity index (χ2n) is 8.97. The summed E-state index contributed by atoms with van der Waals surface area (Å²) in [5.74, 6) is 0.784. The summed E-state index contributed by atoms with van der Waals surface area (Å²) in [6, 6.07) is 17.3. The molecule has 0 amide bonds. The maximum Gasteiger partial charge on any atom is 0.243 e. The van der Waals surface area contributed by atoms with E-state index >= 15 is 0 Å². The van der Waals surface area contributed by atoms with Crippen LogP contribution in [0, 0.1) is 5.92 Å². The minimum absolute atomic E-state index is 0.316. The predicted octanol–water partition coefficient (Wildman–Crippen LogP) is 5.12. The van der Waals surface area contributed by atoms with Crippen LogP contribution in [0.4, 0.5) is 5.69 Å². The molecule has 0 aliphatic carbocycles. The molecule has 0 spiro atoms. The molecule has 182 valence electrons. The molecule has 1 aliphatic rings. The summed E-state index contributed by atoms with van der Waals surface area (Å²) in [6.45, 7) is 7.85. The van der Waals surface area contributed by atoms with E-state index in [1.807, 2.05) is 44.2 Å². The number of hydrogen-bond acceptors (Lipinski definition) is 5. The molecule has 3 aromatic rings. The van der Waals surface area contributed by atoms with Crippen molar-refractivity contribution in [1.29, 1.82) is 0 Å². The van der Waals surface area contributed by atoms with Crippen LogP contribution in [0.15, 0.2) is 59.5 Å². The molecule has 2 N–H and O–H groups in total. The van der Waals surface area contributed by atoms with Crippen LogP contribution in [0.5, 0.6) is 0 Å². The van der Waals surface area contributed by atoms with Gasteiger partial charge in [0.05, 0.1) is 16.1 Å². The van der Waals surface area contributed by atoms with Crippen LogP contribution in [0.3, 0.4) is 0 Å². The van der Waals surface area contributed by atoms with Crippen molar-refractivity contribution in [2.45, 2.75) is 44.4 Å². The second-order valence-corrected chi connectivity index (χ2v) is 10.9. The van der Waals surface area contributed by atoms with Crippen molar-refractivity contribution in [3.8, 4) is 11.3 Å². The van der Waals surface area contributed by atoms with Crippen molar-refractivity contribution in [2.75, 3.05) is 38.0 Å². The molecule has 1 fully saturated rings. The Morgan fingerprint density at radius 2 is 1.85 bits per heavy atom. The van der Waals surface area contributed by atoms with Crippen molar-refractivity contribution in [2.24, 2.45) is 5.92 Å². The maximum atomic E-state index is 12.8. The lowest BCUT2D eigenvalue weighted by Gasteiger charge is -2.22. The van der Waals surface area contributed by atoms with Gasteiger partial charge in [-0.3, -0.25) is 0 Å². The number of sulfonamides is 1. The summed E-state index contributed by atoms with van der Waals surface area (Å²) in [5, 5.41) is 8.24. The zero-order valence-corrected chi connectivity index (χ0v) is 21.1. The fraction of sp³-hybridized carbons (Fsp3) is 0.444. The van der Waals surface area contributed by atoms with E-state index in [1.165, 1.54) is 23.6 Å². The number of nitrogens with zero attached hydrogens (tertiary/aromatic N) is 2. The molecule has 0 radical (unpaired) electrons. The molecule has 7 heteroatoms. The standard InChI is InChI=1S/C27H36N4O2S/c1-3-31(4-2)34(32,33)23-15-13-22(14-16-23)26-19-27(24-11-5-6-12-25(24)30-26)29-18-8-10-21-9-7-17-28-20-21/h5-6,11-16,19,21,28H,3-4,7-10,17-18,20H2,1-2H3,(H,29,30). The SMILES string of the molecule is CCN(CC)S(=O)(=O)c1ccc(-c2cc(NCCCC3CCCNC3)c3ccccc3n2)cc1. The van der Waals surface area contributed by atoms with Crippen molar-refractivity contribution in [3.05, 3.63) is 54.6 Å². The predicted molar refractivity (Wildman–Crippen MR) is 141 cm³/mol. The first-order valence-electron chi connectivity index (χ1n) is 12.5. The van der Waals surface area contributed by atoms with Gasteiger partial charge in [-0.05, 0) is 69.0 Å². The first-order chi connectivity index (χ1) is 16.5. The van der Waals surface area contributed by atoms with Gasteiger partial charge < -0.3 is 10.6 Å². The Labute approximate surface area is 203 Å². The van der Waals surface area contributed by atoms with Gasteiger partial charge in [-0.15, -0.1) is 0 Å². The van der Waals surface area contributed by atoms with Crippen molar-refractivity contribution in [3.63, 3.8) is 0 Å². The minimum atomic E-state index is -3.47. The van der Waals surface area contributed by atoms with Gasteiger partial charge in [-0.2, -0.15) is 4.31 Å². The molecule has 1 saturated heterocycles. The number of pyridine rings is 1. The fourth-order valence-corrected chi connectivity index (χ4v) is 6.22. The van der Waals surface area contributed by atoms with Crippen LogP contribution >= 0.6 is 0 Å². The molecule has 0 bridgehead atoms. The van der Waals surface area contributed by atoms with E-state index in [0.717, 1.165) is 59.8 Å². The monoisotopic (exact) mass is 480 g/mol. The van der Waals surface area contributed by atoms with Crippen LogP contribution in [0.1, 0.15) is 39.5 Å². The average molecular weight is 481 g/mol. The van der Waals surface area contributed by atoms with Gasteiger partial charge in [0.25, 0.3) is 0 Å². The lowest BCUT2D eigenvalue weighted by Crippen LogP contribution is -2.30. The Hall–Kier alpha value is -2.48. The summed E-state index contributed by atoms with van der Waals surface area (Å²) < 4.78 is 27.1. The van der Waals surface area contributed by atoms with E-state index in [9.17, 15) is 8.42 Å². The number of aromatic nitrogens is 1. The van der Waals surface area contributed by atoms with E-state index in [-0.39, 0.29) is 0 Å². The fourth-order valence-electron chi connectivity index (χ4n) is 4.76. The highest BCUT2D eigenvalue weighted by atomic mass is 32.2. The number of fused-ring (bicyclic) bond motifs is 1. The third-order valence-electron chi connectivity index (χ3n) is 6.71. The quantitative estimate of drug-likeness (QED) is 0.394. The molecule has 1 aromatic heterocycles. The van der Waals surface area contributed by atoms with Gasteiger partial charge in [0.2, 0.25) is 10.0 Å². The van der Waals surface area contributed by atoms with Crippen LogP contribution in [0.25, 0.3) is 22.2 Å². The molecule has 2 heterocycles. The number of anilines is 1. The third kappa shape index (κ3) is 5.59. The number of para-hydroxylation sites is 1. The highest BCUT2D eigenvalue weighted by molar-refractivity contribution is 7.89. The molecule has 1 aliphatic heterocycles. The van der Waals surface area contributed by atoms with E-state index in [0.29, 0.717) is 18.0 Å². The normalized spacial score (nSPS) is 16.7. The first kappa shape index (κ1) is 24.6. The van der Waals surface area contributed by atoms with Crippen molar-refractivity contribution in [1.82, 2.24) is 14.6 Å². The second kappa shape index (κ2) is 11.3. The van der Waals surface area contributed by atoms with E-state index < -0.39 is 10.0 Å². The Kier molecular flexibility index (Phi) is 8.19. The molecule has 6 nitrogen and oxygen atoms in total. The molecular formula is C27H36N4O2S. The van der Waals surface area contributed by atoms with Gasteiger partial charge in [0.15, 0.2) is 0 Å². The average Bonchev–Trinajstić information content (AvgIpc) is 2.87. The number of benzene rings is 2. The zero-order chi connectivity index (χ0) is 24.0. The summed E-state index contributed by atoms with van der Waals surface area (Å²) in [5.41, 5.74) is 3.74. The Bertz CT molecular complexity index is 1180. The van der Waals surface area contributed by atoms with E-state index in [2.05, 4.69) is 22.8 Å². The maximum absolute atomic E-state index is 12.8. The summed E-state index contributed by atoms with van der Waals surface area (Å²) in [6.07, 6.45) is 4.98. The molecule has 2 aromatic carbocycles. The topological polar surface area (TPSA) is 74.3 Å². The highest BCUT2D eigenvalue weighted by Crippen LogP contribution is 2.29. The summed E-state index contributed by atoms with van der Waals surface area (Å²) >= 11 is 0. The van der Waals surface area contributed by atoms with Crippen molar-refractivity contribution < 1.29 is 8.42 Å². The van der Waals surface area contributed by atoms with Crippen LogP contribution < -0.4 is 10.6 Å². The van der Waals surface area contributed by atoms with E-state index in [4.69, 9.17) is 4.98 Å². The highest BCUT2D eigenvalue weighted by Gasteiger charge is 2.21. The minimum Gasteiger partial charge on any atom is -0.384 e. The molecule has 1 unspecified atom stereocenters. The summed E-state index contributed by atoms with van der Waals surface area (Å²) in [7, 11) is -3.47. The number of hydrogen-bond donors (Lipinski definition) is 2. The smallest absolute Gasteiger partial charge is 0.243 e. The van der Waals surface area contributed by atoms with Gasteiger partial charge in [0.1, 0.15) is 0 Å². The van der Waals surface area contributed by atoms with Crippen molar-refractivity contribution >= 4 is 26.6 Å². The Balaban J connectivity index is 1.53. The Morgan fingerprint density at radius 1 is 1.09 bits per heavy atom. The molecular weight excluding hydrogens is 444 g/mol. The molecule has 4 rings (SSSR count). The number of rotatable bonds is 10. The lowest BCUT2D eigenvalue weighted by atomic mass is 9.95. The van der Waals surface area contributed by atoms with Crippen LogP contribution in [-0.4, -0.2) is 50.4 Å². The van der Waals surface area contributed by atoms with Gasteiger partial charge in [-0.25, -0.2) is 13.4 Å². The van der Waals surface area contributed by atoms with Crippen LogP contribution in [-0.2, 0) is 10.0 Å². The first-order valence-corrected chi connectivity index (χ1v) is 13.9. The Morgan fingerprint density at radius 3 is 2.56 bits per heavy atom. The third-order valence-corrected chi connectivity index (χ3v) is 8.78. The largest absolute Gasteiger partial charge is 0.384 e. The number of nitrogens with one attached hydrogen (secondary N) is 2. The lowest BCUT2D eigenvalue weighted by molar-refractivity contribution is 0.353. The molecule has 1 atom stereocenters. The molecule has 34 heavy (non-hydrogen) atoms. The summed E-state index contributed by atoms with van der Waals surface area (Å²) in [4.78, 5) is 5.17.